The van der Waals surface area contributed by atoms with E-state index in [2.05, 4.69) is 5.32 Å². The molecule has 0 aliphatic carbocycles. The lowest BCUT2D eigenvalue weighted by atomic mass is 10.1. The van der Waals surface area contributed by atoms with E-state index in [-0.39, 0.29) is 17.2 Å². The second-order valence-corrected chi connectivity index (χ2v) is 7.28. The van der Waals surface area contributed by atoms with Crippen molar-refractivity contribution >= 4 is 33.2 Å². The van der Waals surface area contributed by atoms with Gasteiger partial charge in [0, 0.05) is 17.8 Å². The Balaban J connectivity index is 2.07. The van der Waals surface area contributed by atoms with Gasteiger partial charge in [-0.05, 0) is 35.9 Å². The third-order valence-electron chi connectivity index (χ3n) is 3.34. The van der Waals surface area contributed by atoms with Gasteiger partial charge in [-0.2, -0.15) is 0 Å². The van der Waals surface area contributed by atoms with Crippen molar-refractivity contribution in [3.05, 3.63) is 59.1 Å². The van der Waals surface area contributed by atoms with E-state index in [1.165, 1.54) is 38.4 Å². The molecule has 0 atom stereocenters. The van der Waals surface area contributed by atoms with Crippen LogP contribution in [0.4, 0.5) is 5.69 Å². The minimum Gasteiger partial charge on any atom is -0.326 e. The van der Waals surface area contributed by atoms with Gasteiger partial charge < -0.3 is 5.32 Å². The summed E-state index contributed by atoms with van der Waals surface area (Å²) in [5.41, 5.74) is 1.21. The van der Waals surface area contributed by atoms with Crippen molar-refractivity contribution in [1.29, 1.82) is 0 Å². The second kappa shape index (κ2) is 7.76. The number of hydrogen-bond donors (Lipinski definition) is 1. The number of hydroxylamine groups is 1. The molecule has 0 fully saturated rings. The smallest absolute Gasteiger partial charge is 0.264 e. The van der Waals surface area contributed by atoms with E-state index >= 15 is 0 Å². The van der Waals surface area contributed by atoms with Gasteiger partial charge in [-0.1, -0.05) is 34.3 Å². The predicted molar refractivity (Wildman–Crippen MR) is 92.2 cm³/mol. The fraction of sp³-hybridized carbons (Fsp3) is 0.188. The summed E-state index contributed by atoms with van der Waals surface area (Å²) in [6.45, 7) is 0. The summed E-state index contributed by atoms with van der Waals surface area (Å²) in [6.07, 6.45) is 0.131. The fourth-order valence-corrected chi connectivity index (χ4v) is 3.15. The Bertz CT molecular complexity index is 822. The van der Waals surface area contributed by atoms with Gasteiger partial charge in [0.2, 0.25) is 5.91 Å². The molecule has 0 spiro atoms. The van der Waals surface area contributed by atoms with Crippen LogP contribution in [0.2, 0.25) is 5.02 Å². The van der Waals surface area contributed by atoms with Crippen molar-refractivity contribution in [2.75, 3.05) is 19.5 Å². The number of carbonyl (C=O) groups excluding carboxylic acids is 1. The molecule has 0 bridgehead atoms. The number of nitrogens with one attached hydrogen (secondary N) is 1. The minimum absolute atomic E-state index is 0.0657. The van der Waals surface area contributed by atoms with Gasteiger partial charge in [-0.15, -0.1) is 0 Å². The monoisotopic (exact) mass is 368 g/mol. The largest absolute Gasteiger partial charge is 0.326 e. The van der Waals surface area contributed by atoms with Crippen LogP contribution in [0.3, 0.4) is 0 Å². The normalized spacial score (nSPS) is 11.5. The van der Waals surface area contributed by atoms with Gasteiger partial charge in [0.1, 0.15) is 0 Å². The highest BCUT2D eigenvalue weighted by Gasteiger charge is 2.20. The molecular weight excluding hydrogens is 352 g/mol. The lowest BCUT2D eigenvalue weighted by Crippen LogP contribution is -2.25. The molecule has 2 aromatic rings. The molecule has 0 aliphatic rings. The van der Waals surface area contributed by atoms with Gasteiger partial charge >= 0.3 is 0 Å². The van der Waals surface area contributed by atoms with Crippen LogP contribution in [0.15, 0.2) is 53.4 Å². The molecule has 6 nitrogen and oxygen atoms in total. The Morgan fingerprint density at radius 1 is 1.17 bits per heavy atom. The highest BCUT2D eigenvalue weighted by atomic mass is 35.5. The number of sulfonamides is 1. The van der Waals surface area contributed by atoms with Gasteiger partial charge in [-0.3, -0.25) is 9.63 Å². The molecule has 0 unspecified atom stereocenters. The van der Waals surface area contributed by atoms with Crippen LogP contribution in [0.25, 0.3) is 0 Å². The number of carbonyl (C=O) groups is 1. The van der Waals surface area contributed by atoms with Crippen molar-refractivity contribution in [3.8, 4) is 0 Å². The number of benzene rings is 2. The van der Waals surface area contributed by atoms with E-state index in [4.69, 9.17) is 16.4 Å². The Hall–Kier alpha value is -1.93. The summed E-state index contributed by atoms with van der Waals surface area (Å²) in [5, 5.41) is 3.23. The molecule has 8 heteroatoms. The van der Waals surface area contributed by atoms with E-state index < -0.39 is 10.0 Å². The van der Waals surface area contributed by atoms with Gasteiger partial charge in [0.15, 0.2) is 0 Å². The molecule has 0 saturated heterocycles. The van der Waals surface area contributed by atoms with Crippen LogP contribution in [-0.2, 0) is 26.1 Å². The topological polar surface area (TPSA) is 75.7 Å². The first-order valence-electron chi connectivity index (χ1n) is 7.01. The summed E-state index contributed by atoms with van der Waals surface area (Å²) in [7, 11) is -1.14. The third-order valence-corrected chi connectivity index (χ3v) is 5.40. The molecule has 0 radical (unpaired) electrons. The van der Waals surface area contributed by atoms with Crippen LogP contribution in [0, 0.1) is 0 Å². The van der Waals surface area contributed by atoms with Crippen molar-refractivity contribution in [2.45, 2.75) is 11.3 Å². The predicted octanol–water partition coefficient (Wildman–Crippen LogP) is 2.70. The molecule has 2 aromatic carbocycles. The lowest BCUT2D eigenvalue weighted by molar-refractivity contribution is -0.115. The number of halogens is 1. The number of amides is 1. The van der Waals surface area contributed by atoms with Crippen LogP contribution in [0.5, 0.6) is 0 Å². The molecule has 0 aliphatic heterocycles. The first kappa shape index (κ1) is 18.4. The molecule has 0 aromatic heterocycles. The fourth-order valence-electron chi connectivity index (χ4n) is 1.98. The first-order valence-corrected chi connectivity index (χ1v) is 8.83. The second-order valence-electron chi connectivity index (χ2n) is 4.94. The van der Waals surface area contributed by atoms with Crippen molar-refractivity contribution in [2.24, 2.45) is 0 Å². The van der Waals surface area contributed by atoms with Crippen molar-refractivity contribution in [1.82, 2.24) is 4.47 Å². The van der Waals surface area contributed by atoms with E-state index in [1.54, 1.807) is 24.3 Å². The van der Waals surface area contributed by atoms with E-state index in [0.29, 0.717) is 10.7 Å². The average molecular weight is 369 g/mol. The number of anilines is 1. The van der Waals surface area contributed by atoms with Gasteiger partial charge in [0.25, 0.3) is 10.0 Å². The highest BCUT2D eigenvalue weighted by Crippen LogP contribution is 2.19. The summed E-state index contributed by atoms with van der Waals surface area (Å²) in [6, 6.07) is 12.9. The highest BCUT2D eigenvalue weighted by molar-refractivity contribution is 7.89. The van der Waals surface area contributed by atoms with Crippen LogP contribution in [-0.4, -0.2) is 33.0 Å². The van der Waals surface area contributed by atoms with Crippen LogP contribution >= 0.6 is 11.6 Å². The Kier molecular flexibility index (Phi) is 5.95. The molecule has 2 rings (SSSR count). The molecule has 24 heavy (non-hydrogen) atoms. The zero-order valence-corrected chi connectivity index (χ0v) is 14.8. The van der Waals surface area contributed by atoms with Crippen molar-refractivity contribution in [3.63, 3.8) is 0 Å². The molecule has 128 valence electrons. The Morgan fingerprint density at radius 2 is 1.79 bits per heavy atom. The average Bonchev–Trinajstić information content (AvgIpc) is 2.56. The number of hydrogen-bond acceptors (Lipinski definition) is 4. The standard InChI is InChI=1S/C16H17ClN2O4S/c1-19(23-2)24(21,22)14-9-7-13(8-10-14)18-16(20)11-12-5-3-4-6-15(12)17/h3-10H,11H2,1-2H3,(H,18,20). The quantitative estimate of drug-likeness (QED) is 0.795. The Morgan fingerprint density at radius 3 is 2.38 bits per heavy atom. The van der Waals surface area contributed by atoms with Crippen molar-refractivity contribution < 1.29 is 18.0 Å². The van der Waals surface area contributed by atoms with E-state index in [9.17, 15) is 13.2 Å². The molecular formula is C16H17ClN2O4S. The Labute approximate surface area is 146 Å². The van der Waals surface area contributed by atoms with Crippen LogP contribution < -0.4 is 5.32 Å². The molecule has 0 saturated carbocycles. The maximum Gasteiger partial charge on any atom is 0.264 e. The third kappa shape index (κ3) is 4.33. The maximum atomic E-state index is 12.1. The summed E-state index contributed by atoms with van der Waals surface area (Å²) >= 11 is 6.02. The van der Waals surface area contributed by atoms with Gasteiger partial charge in [0.05, 0.1) is 18.4 Å². The summed E-state index contributed by atoms with van der Waals surface area (Å²) in [5.74, 6) is -0.243. The lowest BCUT2D eigenvalue weighted by Gasteiger charge is -2.14. The van der Waals surface area contributed by atoms with E-state index in [1.807, 2.05) is 0 Å². The van der Waals surface area contributed by atoms with E-state index in [0.717, 1.165) is 10.0 Å². The van der Waals surface area contributed by atoms with Crippen LogP contribution in [0.1, 0.15) is 5.56 Å². The number of rotatable bonds is 6. The molecule has 0 heterocycles. The molecule has 1 amide bonds. The minimum atomic E-state index is -3.71. The maximum absolute atomic E-state index is 12.1. The summed E-state index contributed by atoms with van der Waals surface area (Å²) in [4.78, 5) is 16.8. The van der Waals surface area contributed by atoms with Gasteiger partial charge in [-0.25, -0.2) is 8.42 Å². The summed E-state index contributed by atoms with van der Waals surface area (Å²) < 4.78 is 24.9. The SMILES string of the molecule is CON(C)S(=O)(=O)c1ccc(NC(=O)Cc2ccccc2Cl)cc1. The zero-order valence-electron chi connectivity index (χ0n) is 13.2. The first-order chi connectivity index (χ1) is 11.3. The number of nitrogens with zero attached hydrogens (tertiary/aromatic N) is 1. The zero-order chi connectivity index (χ0) is 17.7. The molecule has 1 N–H and O–H groups in total.